The number of aliphatic carboxylic acids is 2. The number of rotatable bonds is 15. The molecule has 0 aliphatic carbocycles. The zero-order valence-corrected chi connectivity index (χ0v) is 18.6. The molecule has 3 amide bonds. The van der Waals surface area contributed by atoms with Gasteiger partial charge in [-0.25, -0.2) is 4.79 Å². The highest BCUT2D eigenvalue weighted by Crippen LogP contribution is 2.07. The number of hydrogen-bond acceptors (Lipinski definition) is 8. The van der Waals surface area contributed by atoms with Gasteiger partial charge in [-0.1, -0.05) is 13.8 Å². The van der Waals surface area contributed by atoms with E-state index in [1.807, 2.05) is 0 Å². The predicted molar refractivity (Wildman–Crippen MR) is 115 cm³/mol. The lowest BCUT2D eigenvalue weighted by Crippen LogP contribution is -2.58. The number of hydrogen-bond donors (Lipinski definition) is 8. The van der Waals surface area contributed by atoms with Crippen LogP contribution in [0, 0.1) is 5.92 Å². The highest BCUT2D eigenvalue weighted by Gasteiger charge is 2.31. The summed E-state index contributed by atoms with van der Waals surface area (Å²) < 4.78 is 0. The van der Waals surface area contributed by atoms with E-state index in [1.54, 1.807) is 13.8 Å². The van der Waals surface area contributed by atoms with Crippen LogP contribution in [0.15, 0.2) is 0 Å². The summed E-state index contributed by atoms with van der Waals surface area (Å²) in [4.78, 5) is 59.5. The molecule has 9 N–H and O–H groups in total. The number of carboxylic acids is 2. The lowest BCUT2D eigenvalue weighted by molar-refractivity contribution is -0.147. The van der Waals surface area contributed by atoms with Crippen LogP contribution < -0.4 is 27.4 Å². The van der Waals surface area contributed by atoms with E-state index >= 15 is 0 Å². The number of nitrogens with one attached hydrogen (secondary N) is 3. The maximum absolute atomic E-state index is 12.8. The van der Waals surface area contributed by atoms with Crippen molar-refractivity contribution in [3.8, 4) is 0 Å². The number of carbonyl (C=O) groups is 5. The third kappa shape index (κ3) is 11.0. The van der Waals surface area contributed by atoms with E-state index in [4.69, 9.17) is 21.7 Å². The molecule has 0 aromatic rings. The molecule has 0 bridgehead atoms. The van der Waals surface area contributed by atoms with Crippen molar-refractivity contribution in [2.24, 2.45) is 17.4 Å². The maximum atomic E-state index is 12.8. The Morgan fingerprint density at radius 2 is 1.48 bits per heavy atom. The van der Waals surface area contributed by atoms with Crippen LogP contribution in [-0.4, -0.2) is 76.3 Å². The number of nitrogens with two attached hydrogens (primary N) is 2. The molecule has 0 rings (SSSR count). The third-order valence-electron chi connectivity index (χ3n) is 4.35. The molecule has 0 saturated carbocycles. The minimum absolute atomic E-state index is 0.0720. The number of thiol groups is 1. The van der Waals surface area contributed by atoms with E-state index in [0.29, 0.717) is 19.4 Å². The smallest absolute Gasteiger partial charge is 0.326 e. The first-order chi connectivity index (χ1) is 14.4. The fraction of sp³-hybridized carbons (Fsp3) is 0.722. The van der Waals surface area contributed by atoms with E-state index in [1.165, 1.54) is 0 Å². The van der Waals surface area contributed by atoms with Gasteiger partial charge in [0.15, 0.2) is 0 Å². The van der Waals surface area contributed by atoms with Crippen molar-refractivity contribution in [1.29, 1.82) is 0 Å². The van der Waals surface area contributed by atoms with Crippen molar-refractivity contribution in [3.05, 3.63) is 0 Å². The Morgan fingerprint density at radius 3 is 1.94 bits per heavy atom. The van der Waals surface area contributed by atoms with Gasteiger partial charge in [0.05, 0.1) is 12.5 Å². The zero-order chi connectivity index (χ0) is 24.1. The van der Waals surface area contributed by atoms with Crippen LogP contribution in [0.25, 0.3) is 0 Å². The Labute approximate surface area is 186 Å². The molecule has 13 heteroatoms. The van der Waals surface area contributed by atoms with Crippen LogP contribution in [0.1, 0.15) is 39.5 Å². The molecule has 0 aliphatic rings. The fourth-order valence-corrected chi connectivity index (χ4v) is 2.71. The Morgan fingerprint density at radius 1 is 0.903 bits per heavy atom. The molecule has 0 fully saturated rings. The van der Waals surface area contributed by atoms with Gasteiger partial charge in [0.1, 0.15) is 18.1 Å². The van der Waals surface area contributed by atoms with Crippen LogP contribution >= 0.6 is 12.6 Å². The lowest BCUT2D eigenvalue weighted by atomic mass is 10.0. The first kappa shape index (κ1) is 28.6. The van der Waals surface area contributed by atoms with Crippen LogP contribution in [0.3, 0.4) is 0 Å². The number of unbranched alkanes of at least 4 members (excludes halogenated alkanes) is 1. The van der Waals surface area contributed by atoms with Crippen molar-refractivity contribution >= 4 is 42.3 Å². The second kappa shape index (κ2) is 14.6. The van der Waals surface area contributed by atoms with Crippen LogP contribution in [0.4, 0.5) is 0 Å². The summed E-state index contributed by atoms with van der Waals surface area (Å²) in [5, 5.41) is 25.1. The molecule has 0 radical (unpaired) electrons. The zero-order valence-electron chi connectivity index (χ0n) is 17.7. The van der Waals surface area contributed by atoms with Gasteiger partial charge in [-0.15, -0.1) is 0 Å². The summed E-state index contributed by atoms with van der Waals surface area (Å²) >= 11 is 3.94. The Balaban J connectivity index is 5.42. The van der Waals surface area contributed by atoms with Crippen LogP contribution in [0.2, 0.25) is 0 Å². The SMILES string of the molecule is CC(C)C(NC(=O)C(N)CS)C(=O)NC(CCCCN)C(=O)NC(CC(=O)O)C(=O)O. The Hall–Kier alpha value is -2.38. The van der Waals surface area contributed by atoms with E-state index < -0.39 is 60.2 Å². The van der Waals surface area contributed by atoms with Gasteiger partial charge in [0.25, 0.3) is 0 Å². The summed E-state index contributed by atoms with van der Waals surface area (Å²) in [7, 11) is 0. The van der Waals surface area contributed by atoms with Gasteiger partial charge in [-0.3, -0.25) is 19.2 Å². The number of carboxylic acid groups (broad SMARTS) is 2. The topological polar surface area (TPSA) is 214 Å². The largest absolute Gasteiger partial charge is 0.481 e. The first-order valence-corrected chi connectivity index (χ1v) is 10.5. The minimum Gasteiger partial charge on any atom is -0.481 e. The molecule has 4 atom stereocenters. The average molecular weight is 464 g/mol. The highest BCUT2D eigenvalue weighted by atomic mass is 32.1. The van der Waals surface area contributed by atoms with E-state index in [9.17, 15) is 24.0 Å². The number of carbonyl (C=O) groups excluding carboxylic acids is 3. The van der Waals surface area contributed by atoms with Crippen molar-refractivity contribution in [3.63, 3.8) is 0 Å². The summed E-state index contributed by atoms with van der Waals surface area (Å²) in [5.74, 6) is -5.28. The molecule has 31 heavy (non-hydrogen) atoms. The van der Waals surface area contributed by atoms with Gasteiger partial charge in [0, 0.05) is 5.75 Å². The molecular formula is C18H33N5O7S. The van der Waals surface area contributed by atoms with Crippen LogP contribution in [0.5, 0.6) is 0 Å². The lowest BCUT2D eigenvalue weighted by Gasteiger charge is -2.26. The van der Waals surface area contributed by atoms with E-state index in [0.717, 1.165) is 0 Å². The van der Waals surface area contributed by atoms with Crippen molar-refractivity contribution in [2.75, 3.05) is 12.3 Å². The number of amides is 3. The Kier molecular flexibility index (Phi) is 13.5. The van der Waals surface area contributed by atoms with Gasteiger partial charge < -0.3 is 37.6 Å². The molecule has 0 aliphatic heterocycles. The molecule has 0 heterocycles. The van der Waals surface area contributed by atoms with Gasteiger partial charge in [0.2, 0.25) is 17.7 Å². The molecule has 178 valence electrons. The highest BCUT2D eigenvalue weighted by molar-refractivity contribution is 7.80. The molecule has 12 nitrogen and oxygen atoms in total. The molecular weight excluding hydrogens is 430 g/mol. The van der Waals surface area contributed by atoms with E-state index in [-0.39, 0.29) is 18.1 Å². The standard InChI is InChI=1S/C18H33N5O7S/c1-9(2)14(23-15(26)10(20)8-31)17(28)21-11(5-3-4-6-19)16(27)22-12(18(29)30)7-13(24)25/h9-12,14,31H,3-8,19-20H2,1-2H3,(H,21,28)(H,22,27)(H,23,26)(H,24,25)(H,29,30). The van der Waals surface area contributed by atoms with Gasteiger partial charge >= 0.3 is 11.9 Å². The van der Waals surface area contributed by atoms with Gasteiger partial charge in [-0.05, 0) is 31.7 Å². The van der Waals surface area contributed by atoms with Crippen molar-refractivity contribution in [2.45, 2.75) is 63.7 Å². The normalized spacial score (nSPS) is 14.8. The van der Waals surface area contributed by atoms with Crippen molar-refractivity contribution < 1.29 is 34.2 Å². The summed E-state index contributed by atoms with van der Waals surface area (Å²) in [5.41, 5.74) is 11.1. The minimum atomic E-state index is -1.66. The third-order valence-corrected chi connectivity index (χ3v) is 4.75. The van der Waals surface area contributed by atoms with E-state index in [2.05, 4.69) is 28.6 Å². The maximum Gasteiger partial charge on any atom is 0.326 e. The van der Waals surface area contributed by atoms with Crippen LogP contribution in [-0.2, 0) is 24.0 Å². The second-order valence-corrected chi connectivity index (χ2v) is 7.73. The monoisotopic (exact) mass is 463 g/mol. The van der Waals surface area contributed by atoms with Gasteiger partial charge in [-0.2, -0.15) is 12.6 Å². The molecule has 0 aromatic carbocycles. The quantitative estimate of drug-likeness (QED) is 0.0998. The molecule has 0 saturated heterocycles. The summed E-state index contributed by atoms with van der Waals surface area (Å²) in [6.07, 6.45) is 0.326. The first-order valence-electron chi connectivity index (χ1n) is 9.86. The second-order valence-electron chi connectivity index (χ2n) is 7.36. The Bertz CT molecular complexity index is 647. The molecule has 0 aromatic heterocycles. The molecule has 0 spiro atoms. The summed E-state index contributed by atoms with van der Waals surface area (Å²) in [6.45, 7) is 3.73. The fourth-order valence-electron chi connectivity index (χ4n) is 2.55. The molecule has 4 unspecified atom stereocenters. The van der Waals surface area contributed by atoms with Crippen molar-refractivity contribution in [1.82, 2.24) is 16.0 Å². The predicted octanol–water partition coefficient (Wildman–Crippen LogP) is -1.96. The average Bonchev–Trinajstić information content (AvgIpc) is 2.68. The summed E-state index contributed by atoms with van der Waals surface area (Å²) in [6, 6.07) is -4.73.